The molecule has 1 aliphatic heterocycles. The Balaban J connectivity index is 1.82. The van der Waals surface area contributed by atoms with Gasteiger partial charge in [-0.3, -0.25) is 4.79 Å². The first kappa shape index (κ1) is 13.1. The van der Waals surface area contributed by atoms with Gasteiger partial charge in [0.2, 0.25) is 5.91 Å². The van der Waals surface area contributed by atoms with Gasteiger partial charge in [0.25, 0.3) is 0 Å². The number of hydrogen-bond donors (Lipinski definition) is 1. The molecule has 1 N–H and O–H groups in total. The van der Waals surface area contributed by atoms with E-state index in [0.29, 0.717) is 6.04 Å². The highest BCUT2D eigenvalue weighted by Gasteiger charge is 2.34. The smallest absolute Gasteiger partial charge is 0.244 e. The van der Waals surface area contributed by atoms with Crippen LogP contribution in [0.2, 0.25) is 0 Å². The minimum absolute atomic E-state index is 0.0135. The number of aryl methyl sites for hydroxylation is 1. The molecule has 0 aromatic heterocycles. The largest absolute Gasteiger partial charge is 0.311 e. The fourth-order valence-corrected chi connectivity index (χ4v) is 3.03. The third-order valence-corrected chi connectivity index (χ3v) is 4.41. The molecule has 1 aliphatic carbocycles. The molecule has 0 bridgehead atoms. The van der Waals surface area contributed by atoms with Gasteiger partial charge in [-0.15, -0.1) is 0 Å². The molecule has 0 spiro atoms. The maximum Gasteiger partial charge on any atom is 0.244 e. The zero-order valence-corrected chi connectivity index (χ0v) is 12.7. The van der Waals surface area contributed by atoms with E-state index in [-0.39, 0.29) is 11.9 Å². The van der Waals surface area contributed by atoms with Crippen LogP contribution in [0.25, 0.3) is 0 Å². The third kappa shape index (κ3) is 2.84. The van der Waals surface area contributed by atoms with Crippen LogP contribution in [0.15, 0.2) is 22.7 Å². The Hall–Kier alpha value is -0.870. The first-order valence-corrected chi connectivity index (χ1v) is 7.78. The minimum atomic E-state index is 0.0135. The van der Waals surface area contributed by atoms with Gasteiger partial charge in [0, 0.05) is 22.7 Å². The van der Waals surface area contributed by atoms with E-state index in [0.717, 1.165) is 35.1 Å². The number of amides is 1. The van der Waals surface area contributed by atoms with Gasteiger partial charge in [-0.05, 0) is 50.3 Å². The zero-order valence-electron chi connectivity index (χ0n) is 11.2. The number of nitrogens with zero attached hydrogens (tertiary/aromatic N) is 1. The fourth-order valence-electron chi connectivity index (χ4n) is 2.68. The van der Waals surface area contributed by atoms with Crippen molar-refractivity contribution in [1.29, 1.82) is 0 Å². The lowest BCUT2D eigenvalue weighted by Gasteiger charge is -2.33. The molecule has 1 saturated carbocycles. The van der Waals surface area contributed by atoms with Crippen molar-refractivity contribution in [3.05, 3.63) is 28.2 Å². The molecular formula is C15H19BrN2O. The third-order valence-electron chi connectivity index (χ3n) is 3.91. The topological polar surface area (TPSA) is 32.3 Å². The van der Waals surface area contributed by atoms with Crippen molar-refractivity contribution in [2.24, 2.45) is 0 Å². The number of nitrogens with one attached hydrogen (secondary N) is 1. The van der Waals surface area contributed by atoms with Gasteiger partial charge in [0.05, 0.1) is 6.04 Å². The second kappa shape index (κ2) is 5.25. The van der Waals surface area contributed by atoms with E-state index in [2.05, 4.69) is 34.2 Å². The number of benzene rings is 1. The van der Waals surface area contributed by atoms with Crippen LogP contribution in [0.5, 0.6) is 0 Å². The summed E-state index contributed by atoms with van der Waals surface area (Å²) >= 11 is 3.49. The SMILES string of the molecule is Cc1ccc(Br)cc1N1CCCC(NC2CC2)C1=O. The van der Waals surface area contributed by atoms with Gasteiger partial charge in [-0.2, -0.15) is 0 Å². The average Bonchev–Trinajstić information content (AvgIpc) is 3.19. The van der Waals surface area contributed by atoms with Crippen molar-refractivity contribution in [3.8, 4) is 0 Å². The predicted octanol–water partition coefficient (Wildman–Crippen LogP) is 3.00. The first-order valence-electron chi connectivity index (χ1n) is 6.99. The molecule has 19 heavy (non-hydrogen) atoms. The van der Waals surface area contributed by atoms with Gasteiger partial charge in [0.1, 0.15) is 0 Å². The highest BCUT2D eigenvalue weighted by Crippen LogP contribution is 2.29. The van der Waals surface area contributed by atoms with E-state index in [1.807, 2.05) is 17.0 Å². The summed E-state index contributed by atoms with van der Waals surface area (Å²) < 4.78 is 1.03. The minimum Gasteiger partial charge on any atom is -0.311 e. The number of piperidine rings is 1. The molecule has 1 atom stereocenters. The molecule has 2 fully saturated rings. The zero-order chi connectivity index (χ0) is 13.4. The van der Waals surface area contributed by atoms with Gasteiger partial charge in [-0.25, -0.2) is 0 Å². The van der Waals surface area contributed by atoms with Gasteiger partial charge >= 0.3 is 0 Å². The number of hydrogen-bond acceptors (Lipinski definition) is 2. The Morgan fingerprint density at radius 1 is 1.32 bits per heavy atom. The summed E-state index contributed by atoms with van der Waals surface area (Å²) in [5, 5.41) is 3.47. The number of rotatable bonds is 3. The molecule has 0 radical (unpaired) electrons. The molecule has 1 amide bonds. The first-order chi connectivity index (χ1) is 9.15. The number of carbonyl (C=O) groups is 1. The number of anilines is 1. The molecule has 1 unspecified atom stereocenters. The second-order valence-corrected chi connectivity index (χ2v) is 6.47. The van der Waals surface area contributed by atoms with Crippen molar-refractivity contribution in [2.45, 2.75) is 44.7 Å². The lowest BCUT2D eigenvalue weighted by Crippen LogP contribution is -2.51. The Bertz CT molecular complexity index is 499. The van der Waals surface area contributed by atoms with Crippen molar-refractivity contribution < 1.29 is 4.79 Å². The summed E-state index contributed by atoms with van der Waals surface area (Å²) in [6, 6.07) is 6.72. The maximum atomic E-state index is 12.6. The van der Waals surface area contributed by atoms with Crippen LogP contribution in [0.1, 0.15) is 31.2 Å². The summed E-state index contributed by atoms with van der Waals surface area (Å²) in [6.07, 6.45) is 4.49. The normalized spacial score (nSPS) is 23.8. The molecule has 3 nitrogen and oxygen atoms in total. The predicted molar refractivity (Wildman–Crippen MR) is 80.4 cm³/mol. The molecule has 1 saturated heterocycles. The fraction of sp³-hybridized carbons (Fsp3) is 0.533. The van der Waals surface area contributed by atoms with Crippen molar-refractivity contribution >= 4 is 27.5 Å². The van der Waals surface area contributed by atoms with Crippen LogP contribution in [-0.2, 0) is 4.79 Å². The van der Waals surface area contributed by atoms with Gasteiger partial charge < -0.3 is 10.2 Å². The summed E-state index contributed by atoms with van der Waals surface area (Å²) in [6.45, 7) is 2.89. The lowest BCUT2D eigenvalue weighted by molar-refractivity contribution is -0.121. The Kier molecular flexibility index (Phi) is 3.63. The van der Waals surface area contributed by atoms with Crippen LogP contribution < -0.4 is 10.2 Å². The van der Waals surface area contributed by atoms with Crippen LogP contribution in [0.3, 0.4) is 0 Å². The van der Waals surface area contributed by atoms with E-state index in [9.17, 15) is 4.79 Å². The van der Waals surface area contributed by atoms with E-state index in [1.165, 1.54) is 12.8 Å². The summed E-state index contributed by atoms with van der Waals surface area (Å²) in [5.74, 6) is 0.236. The Labute approximate surface area is 122 Å². The molecule has 2 aliphatic rings. The van der Waals surface area contributed by atoms with Crippen molar-refractivity contribution in [3.63, 3.8) is 0 Å². The molecule has 1 aromatic carbocycles. The summed E-state index contributed by atoms with van der Waals surface area (Å²) in [4.78, 5) is 14.5. The van der Waals surface area contributed by atoms with E-state index in [1.54, 1.807) is 0 Å². The van der Waals surface area contributed by atoms with Crippen LogP contribution in [0, 0.1) is 6.92 Å². The monoisotopic (exact) mass is 322 g/mol. The number of halogens is 1. The standard InChI is InChI=1S/C15H19BrN2O/c1-10-4-5-11(16)9-14(10)18-8-2-3-13(15(18)19)17-12-6-7-12/h4-5,9,12-13,17H,2-3,6-8H2,1H3. The molecular weight excluding hydrogens is 304 g/mol. The highest BCUT2D eigenvalue weighted by molar-refractivity contribution is 9.10. The van der Waals surface area contributed by atoms with Crippen LogP contribution in [-0.4, -0.2) is 24.5 Å². The van der Waals surface area contributed by atoms with E-state index < -0.39 is 0 Å². The van der Waals surface area contributed by atoms with E-state index >= 15 is 0 Å². The van der Waals surface area contributed by atoms with Crippen LogP contribution in [0.4, 0.5) is 5.69 Å². The Morgan fingerprint density at radius 3 is 2.84 bits per heavy atom. The van der Waals surface area contributed by atoms with E-state index in [4.69, 9.17) is 0 Å². The van der Waals surface area contributed by atoms with Crippen LogP contribution >= 0.6 is 15.9 Å². The quantitative estimate of drug-likeness (QED) is 0.927. The lowest BCUT2D eigenvalue weighted by atomic mass is 10.0. The molecule has 3 rings (SSSR count). The number of carbonyl (C=O) groups excluding carboxylic acids is 1. The Morgan fingerprint density at radius 2 is 2.11 bits per heavy atom. The van der Waals surface area contributed by atoms with Gasteiger partial charge in [-0.1, -0.05) is 22.0 Å². The molecule has 4 heteroatoms. The van der Waals surface area contributed by atoms with Crippen molar-refractivity contribution in [1.82, 2.24) is 5.32 Å². The molecule has 102 valence electrons. The van der Waals surface area contributed by atoms with Gasteiger partial charge in [0.15, 0.2) is 0 Å². The molecule has 1 aromatic rings. The molecule has 1 heterocycles. The average molecular weight is 323 g/mol. The maximum absolute atomic E-state index is 12.6. The second-order valence-electron chi connectivity index (χ2n) is 5.56. The van der Waals surface area contributed by atoms with Crippen molar-refractivity contribution in [2.75, 3.05) is 11.4 Å². The summed E-state index contributed by atoms with van der Waals surface area (Å²) in [5.41, 5.74) is 2.20. The highest BCUT2D eigenvalue weighted by atomic mass is 79.9. The summed E-state index contributed by atoms with van der Waals surface area (Å²) in [7, 11) is 0.